The number of ether oxygens (including phenoxy) is 1. The number of unbranched alkanes of at least 4 members (excludes halogenated alkanes) is 1. The number of anilines is 1. The minimum Gasteiger partial charge on any atom is -0.493 e. The first-order valence-electron chi connectivity index (χ1n) is 11.1. The first kappa shape index (κ1) is 29.4. The summed E-state index contributed by atoms with van der Waals surface area (Å²) < 4.78 is 44.4. The summed E-state index contributed by atoms with van der Waals surface area (Å²) in [4.78, 5) is 4.58. The Labute approximate surface area is 208 Å². The van der Waals surface area contributed by atoms with Gasteiger partial charge in [-0.2, -0.15) is 13.2 Å². The van der Waals surface area contributed by atoms with Crippen LogP contribution in [0.4, 0.5) is 18.9 Å². The molecule has 0 aliphatic carbocycles. The summed E-state index contributed by atoms with van der Waals surface area (Å²) in [5.41, 5.74) is 1.82. The average molecular weight is 507 g/mol. The molecule has 2 atom stereocenters. The maximum atomic E-state index is 12.8. The van der Waals surface area contributed by atoms with Crippen LogP contribution in [0.25, 0.3) is 0 Å². The Hall–Kier alpha value is -1.63. The smallest absolute Gasteiger partial charge is 0.416 e. The largest absolute Gasteiger partial charge is 0.493 e. The van der Waals surface area contributed by atoms with Crippen LogP contribution in [0.2, 0.25) is 0 Å². The van der Waals surface area contributed by atoms with Crippen molar-refractivity contribution in [1.29, 1.82) is 0 Å². The van der Waals surface area contributed by atoms with Crippen LogP contribution in [-0.2, 0) is 6.18 Å². The molecule has 0 saturated carbocycles. The number of hydrogen-bond donors (Lipinski definition) is 0. The number of halogens is 5. The summed E-state index contributed by atoms with van der Waals surface area (Å²) in [6.07, 6.45) is -0.926. The van der Waals surface area contributed by atoms with Gasteiger partial charge in [-0.15, -0.1) is 24.8 Å². The molecule has 0 spiro atoms. The lowest BCUT2D eigenvalue weighted by molar-refractivity contribution is -0.137. The first-order valence-corrected chi connectivity index (χ1v) is 11.1. The van der Waals surface area contributed by atoms with Gasteiger partial charge in [-0.3, -0.25) is 0 Å². The minimum absolute atomic E-state index is 0. The topological polar surface area (TPSA) is 15.7 Å². The molecule has 0 radical (unpaired) electrons. The Morgan fingerprint density at radius 2 is 1.64 bits per heavy atom. The van der Waals surface area contributed by atoms with E-state index in [-0.39, 0.29) is 30.7 Å². The van der Waals surface area contributed by atoms with Gasteiger partial charge in [0.25, 0.3) is 0 Å². The van der Waals surface area contributed by atoms with Crippen molar-refractivity contribution in [1.82, 2.24) is 4.90 Å². The molecule has 0 amide bonds. The molecule has 2 aromatic carbocycles. The molecule has 0 unspecified atom stereocenters. The fourth-order valence-corrected chi connectivity index (χ4v) is 4.26. The maximum Gasteiger partial charge on any atom is 0.416 e. The van der Waals surface area contributed by atoms with E-state index >= 15 is 0 Å². The molecule has 1 heterocycles. The van der Waals surface area contributed by atoms with Gasteiger partial charge in [0.05, 0.1) is 12.2 Å². The van der Waals surface area contributed by atoms with E-state index in [1.165, 1.54) is 36.2 Å². The van der Waals surface area contributed by atoms with Crippen molar-refractivity contribution in [3.05, 3.63) is 59.7 Å². The molecule has 1 saturated heterocycles. The third-order valence-electron chi connectivity index (χ3n) is 6.13. The van der Waals surface area contributed by atoms with E-state index in [4.69, 9.17) is 4.74 Å². The van der Waals surface area contributed by atoms with Gasteiger partial charge in [0.2, 0.25) is 0 Å². The van der Waals surface area contributed by atoms with Crippen molar-refractivity contribution < 1.29 is 17.9 Å². The Morgan fingerprint density at radius 3 is 2.18 bits per heavy atom. The number of alkyl halides is 3. The molecular weight excluding hydrogens is 472 g/mol. The quantitative estimate of drug-likeness (QED) is 0.387. The summed E-state index contributed by atoms with van der Waals surface area (Å²) in [6, 6.07) is 13.7. The molecule has 186 valence electrons. The number of nitrogens with zero attached hydrogens (tertiary/aromatic N) is 2. The molecule has 0 bridgehead atoms. The van der Waals surface area contributed by atoms with Crippen molar-refractivity contribution in [2.75, 3.05) is 45.2 Å². The van der Waals surface area contributed by atoms with E-state index in [1.807, 2.05) is 14.1 Å². The number of benzene rings is 2. The second kappa shape index (κ2) is 13.3. The highest BCUT2D eigenvalue weighted by atomic mass is 35.5. The number of likely N-dealkylation sites (tertiary alicyclic amines) is 1. The molecule has 3 rings (SSSR count). The SMILES string of the molecule is CCCCN1CC[C@H](c2ccc(N(C)C)cc2)[C@@H](COc2ccc(C(F)(F)F)cc2)C1.Cl.Cl. The van der Waals surface area contributed by atoms with Crippen molar-refractivity contribution >= 4 is 30.5 Å². The molecule has 1 aliphatic rings. The number of piperidine rings is 1. The lowest BCUT2D eigenvalue weighted by Gasteiger charge is -2.39. The van der Waals surface area contributed by atoms with Crippen LogP contribution in [0, 0.1) is 5.92 Å². The zero-order chi connectivity index (χ0) is 22.4. The summed E-state index contributed by atoms with van der Waals surface area (Å²) in [7, 11) is 4.06. The standard InChI is InChI=1S/C25H33F3N2O.2ClH/c1-4-5-15-30-16-14-24(19-6-10-22(11-7-19)29(2)3)20(17-30)18-31-23-12-8-21(9-13-23)25(26,27)28;;/h6-13,20,24H,4-5,14-18H2,1-3H3;2*1H/t20-,24-;;/m1../s1. The maximum absolute atomic E-state index is 12.8. The lowest BCUT2D eigenvalue weighted by atomic mass is 9.80. The van der Waals surface area contributed by atoms with Crippen molar-refractivity contribution in [2.24, 2.45) is 5.92 Å². The van der Waals surface area contributed by atoms with Gasteiger partial charge in [-0.05, 0) is 73.8 Å². The van der Waals surface area contributed by atoms with Crippen LogP contribution in [0.1, 0.15) is 43.2 Å². The number of hydrogen-bond acceptors (Lipinski definition) is 3. The number of rotatable bonds is 8. The fourth-order valence-electron chi connectivity index (χ4n) is 4.26. The minimum atomic E-state index is -4.33. The van der Waals surface area contributed by atoms with Gasteiger partial charge in [0.1, 0.15) is 5.75 Å². The fraction of sp³-hybridized carbons (Fsp3) is 0.520. The summed E-state index contributed by atoms with van der Waals surface area (Å²) in [5.74, 6) is 1.15. The Morgan fingerprint density at radius 1 is 1.00 bits per heavy atom. The van der Waals surface area contributed by atoms with Crippen molar-refractivity contribution in [2.45, 2.75) is 38.3 Å². The Balaban J connectivity index is 0.00000272. The summed E-state index contributed by atoms with van der Waals surface area (Å²) >= 11 is 0. The van der Waals surface area contributed by atoms with Crippen molar-refractivity contribution in [3.8, 4) is 5.75 Å². The van der Waals surface area contributed by atoms with Gasteiger partial charge in [0.15, 0.2) is 0 Å². The van der Waals surface area contributed by atoms with Gasteiger partial charge in [-0.25, -0.2) is 0 Å². The van der Waals surface area contributed by atoms with E-state index in [0.29, 0.717) is 18.3 Å². The predicted molar refractivity (Wildman–Crippen MR) is 134 cm³/mol. The van der Waals surface area contributed by atoms with Gasteiger partial charge >= 0.3 is 6.18 Å². The highest BCUT2D eigenvalue weighted by molar-refractivity contribution is 5.85. The molecule has 0 N–H and O–H groups in total. The third kappa shape index (κ3) is 8.27. The van der Waals surface area contributed by atoms with E-state index in [0.717, 1.165) is 38.2 Å². The third-order valence-corrected chi connectivity index (χ3v) is 6.13. The van der Waals surface area contributed by atoms with Crippen molar-refractivity contribution in [3.63, 3.8) is 0 Å². The van der Waals surface area contributed by atoms with Crippen LogP contribution < -0.4 is 9.64 Å². The normalized spacial score (nSPS) is 18.7. The summed E-state index contributed by atoms with van der Waals surface area (Å²) in [6.45, 7) is 5.79. The first-order chi connectivity index (χ1) is 14.8. The van der Waals surface area contributed by atoms with E-state index in [2.05, 4.69) is 41.0 Å². The van der Waals surface area contributed by atoms with Crippen LogP contribution in [0.15, 0.2) is 48.5 Å². The van der Waals surface area contributed by atoms with Crippen LogP contribution in [-0.4, -0.2) is 45.2 Å². The molecule has 1 fully saturated rings. The summed E-state index contributed by atoms with van der Waals surface area (Å²) in [5, 5.41) is 0. The van der Waals surface area contributed by atoms with E-state index in [1.54, 1.807) is 0 Å². The van der Waals surface area contributed by atoms with Crippen LogP contribution in [0.5, 0.6) is 5.75 Å². The monoisotopic (exact) mass is 506 g/mol. The van der Waals surface area contributed by atoms with E-state index in [9.17, 15) is 13.2 Å². The predicted octanol–water partition coefficient (Wildman–Crippen LogP) is 6.90. The van der Waals surface area contributed by atoms with Crippen LogP contribution >= 0.6 is 24.8 Å². The molecule has 3 nitrogen and oxygen atoms in total. The highest BCUT2D eigenvalue weighted by Crippen LogP contribution is 2.35. The molecule has 1 aliphatic heterocycles. The molecule has 8 heteroatoms. The zero-order valence-electron chi connectivity index (χ0n) is 19.5. The molecular formula is C25H35Cl2F3N2O. The van der Waals surface area contributed by atoms with Gasteiger partial charge in [0, 0.05) is 32.2 Å². The highest BCUT2D eigenvalue weighted by Gasteiger charge is 2.32. The average Bonchev–Trinajstić information content (AvgIpc) is 2.76. The second-order valence-electron chi connectivity index (χ2n) is 8.63. The van der Waals surface area contributed by atoms with E-state index < -0.39 is 11.7 Å². The van der Waals surface area contributed by atoms with Gasteiger partial charge < -0.3 is 14.5 Å². The van der Waals surface area contributed by atoms with Gasteiger partial charge in [-0.1, -0.05) is 25.5 Å². The Kier molecular flexibility index (Phi) is 11.9. The zero-order valence-corrected chi connectivity index (χ0v) is 21.1. The van der Waals surface area contributed by atoms with Crippen LogP contribution in [0.3, 0.4) is 0 Å². The Bertz CT molecular complexity index is 814. The molecule has 33 heavy (non-hydrogen) atoms. The molecule has 0 aromatic heterocycles. The second-order valence-corrected chi connectivity index (χ2v) is 8.63. The lowest BCUT2D eigenvalue weighted by Crippen LogP contribution is -2.42. The molecule has 2 aromatic rings.